The molecule has 0 saturated carbocycles. The fourth-order valence-electron chi connectivity index (χ4n) is 1.55. The summed E-state index contributed by atoms with van der Waals surface area (Å²) in [7, 11) is 0. The van der Waals surface area contributed by atoms with E-state index in [4.69, 9.17) is 16.3 Å². The van der Waals surface area contributed by atoms with Gasteiger partial charge >= 0.3 is 0 Å². The molecule has 1 atom stereocenters. The highest BCUT2D eigenvalue weighted by Gasteiger charge is 2.26. The Morgan fingerprint density at radius 1 is 1.30 bits per heavy atom. The van der Waals surface area contributed by atoms with Gasteiger partial charge in [0, 0.05) is 18.2 Å². The first-order chi connectivity index (χ1) is 9.24. The standard InChI is InChI=1S/C16H26ClNO2/c1-11(2)16(5,19)10-20-15-13(9-18-12(3)4)7-6-8-14(15)17/h6-8,11-12,18-19H,9-10H2,1-5H3. The lowest BCUT2D eigenvalue weighted by atomic mass is 9.94. The number of nitrogens with one attached hydrogen (secondary N) is 1. The van der Waals surface area contributed by atoms with Crippen LogP contribution in [0.4, 0.5) is 0 Å². The minimum Gasteiger partial charge on any atom is -0.489 e. The molecule has 0 bridgehead atoms. The van der Waals surface area contributed by atoms with E-state index in [2.05, 4.69) is 19.2 Å². The fraction of sp³-hybridized carbons (Fsp3) is 0.625. The van der Waals surface area contributed by atoms with Crippen molar-refractivity contribution in [2.45, 2.75) is 52.8 Å². The summed E-state index contributed by atoms with van der Waals surface area (Å²) in [5.74, 6) is 0.769. The lowest BCUT2D eigenvalue weighted by Gasteiger charge is -2.28. The maximum atomic E-state index is 10.3. The molecular formula is C16H26ClNO2. The van der Waals surface area contributed by atoms with Gasteiger partial charge in [0.1, 0.15) is 12.4 Å². The molecule has 2 N–H and O–H groups in total. The van der Waals surface area contributed by atoms with Gasteiger partial charge in [-0.3, -0.25) is 0 Å². The van der Waals surface area contributed by atoms with Gasteiger partial charge in [-0.15, -0.1) is 0 Å². The first-order valence-electron chi connectivity index (χ1n) is 7.10. The average molecular weight is 300 g/mol. The lowest BCUT2D eigenvalue weighted by molar-refractivity contribution is -0.0268. The van der Waals surface area contributed by atoms with Gasteiger partial charge in [-0.2, -0.15) is 0 Å². The molecule has 0 aromatic heterocycles. The quantitative estimate of drug-likeness (QED) is 0.808. The highest BCUT2D eigenvalue weighted by Crippen LogP contribution is 2.30. The second-order valence-corrected chi connectivity index (χ2v) is 6.47. The van der Waals surface area contributed by atoms with Gasteiger partial charge in [0.05, 0.1) is 10.6 Å². The van der Waals surface area contributed by atoms with E-state index < -0.39 is 5.60 Å². The van der Waals surface area contributed by atoms with Crippen molar-refractivity contribution in [2.24, 2.45) is 5.92 Å². The van der Waals surface area contributed by atoms with Crippen molar-refractivity contribution in [2.75, 3.05) is 6.61 Å². The van der Waals surface area contributed by atoms with Gasteiger partial charge in [-0.25, -0.2) is 0 Å². The number of hydrogen-bond donors (Lipinski definition) is 2. The number of rotatable bonds is 7. The lowest BCUT2D eigenvalue weighted by Crippen LogP contribution is -2.38. The molecule has 0 spiro atoms. The topological polar surface area (TPSA) is 41.5 Å². The minimum atomic E-state index is -0.873. The average Bonchev–Trinajstić information content (AvgIpc) is 2.34. The van der Waals surface area contributed by atoms with Crippen molar-refractivity contribution < 1.29 is 9.84 Å². The molecule has 4 heteroatoms. The summed E-state index contributed by atoms with van der Waals surface area (Å²) < 4.78 is 5.80. The third kappa shape index (κ3) is 4.97. The summed E-state index contributed by atoms with van der Waals surface area (Å²) in [5, 5.41) is 14.2. The van der Waals surface area contributed by atoms with Crippen LogP contribution < -0.4 is 10.1 Å². The van der Waals surface area contributed by atoms with E-state index in [1.54, 1.807) is 13.0 Å². The molecule has 0 amide bonds. The van der Waals surface area contributed by atoms with Crippen LogP contribution in [0.1, 0.15) is 40.2 Å². The second-order valence-electron chi connectivity index (χ2n) is 6.06. The third-order valence-electron chi connectivity index (χ3n) is 3.50. The summed E-state index contributed by atoms with van der Waals surface area (Å²) in [4.78, 5) is 0. The van der Waals surface area contributed by atoms with Crippen LogP contribution in [0.3, 0.4) is 0 Å². The van der Waals surface area contributed by atoms with E-state index in [0.717, 1.165) is 5.56 Å². The number of ether oxygens (including phenoxy) is 1. The zero-order chi connectivity index (χ0) is 15.3. The van der Waals surface area contributed by atoms with Gasteiger partial charge in [0.2, 0.25) is 0 Å². The Labute approximate surface area is 127 Å². The first kappa shape index (κ1) is 17.3. The molecule has 1 aromatic carbocycles. The molecule has 0 aliphatic carbocycles. The largest absolute Gasteiger partial charge is 0.489 e. The van der Waals surface area contributed by atoms with Crippen LogP contribution in [-0.4, -0.2) is 23.4 Å². The molecule has 114 valence electrons. The van der Waals surface area contributed by atoms with Crippen LogP contribution in [0.5, 0.6) is 5.75 Å². The molecule has 0 saturated heterocycles. The summed E-state index contributed by atoms with van der Waals surface area (Å²) >= 11 is 6.22. The van der Waals surface area contributed by atoms with Crippen molar-refractivity contribution in [1.82, 2.24) is 5.32 Å². The summed E-state index contributed by atoms with van der Waals surface area (Å²) in [6.07, 6.45) is 0. The molecule has 0 heterocycles. The van der Waals surface area contributed by atoms with Gasteiger partial charge in [-0.1, -0.05) is 51.4 Å². The second kappa shape index (κ2) is 7.30. The van der Waals surface area contributed by atoms with Gasteiger partial charge in [-0.05, 0) is 18.9 Å². The van der Waals surface area contributed by atoms with Crippen molar-refractivity contribution in [3.8, 4) is 5.75 Å². The number of aliphatic hydroxyl groups is 1. The maximum Gasteiger partial charge on any atom is 0.142 e. The molecule has 0 fully saturated rings. The molecule has 20 heavy (non-hydrogen) atoms. The smallest absolute Gasteiger partial charge is 0.142 e. The summed E-state index contributed by atoms with van der Waals surface area (Å²) in [5.41, 5.74) is 0.132. The molecular weight excluding hydrogens is 274 g/mol. The van der Waals surface area contributed by atoms with Crippen molar-refractivity contribution in [3.63, 3.8) is 0 Å². The minimum absolute atomic E-state index is 0.113. The predicted octanol–water partition coefficient (Wildman–Crippen LogP) is 3.62. The summed E-state index contributed by atoms with van der Waals surface area (Å²) in [6, 6.07) is 6.09. The van der Waals surface area contributed by atoms with Crippen LogP contribution in [0.25, 0.3) is 0 Å². The highest BCUT2D eigenvalue weighted by atomic mass is 35.5. The maximum absolute atomic E-state index is 10.3. The normalized spacial score (nSPS) is 14.7. The van der Waals surface area contributed by atoms with E-state index >= 15 is 0 Å². The van der Waals surface area contributed by atoms with Crippen molar-refractivity contribution in [3.05, 3.63) is 28.8 Å². The van der Waals surface area contributed by atoms with E-state index in [9.17, 15) is 5.11 Å². The van der Waals surface area contributed by atoms with E-state index in [-0.39, 0.29) is 12.5 Å². The molecule has 1 aromatic rings. The number of hydrogen-bond acceptors (Lipinski definition) is 3. The summed E-state index contributed by atoms with van der Waals surface area (Å²) in [6.45, 7) is 10.8. The van der Waals surface area contributed by atoms with E-state index in [1.165, 1.54) is 0 Å². The Morgan fingerprint density at radius 2 is 1.95 bits per heavy atom. The van der Waals surface area contributed by atoms with Gasteiger partial charge in [0.25, 0.3) is 0 Å². The molecule has 0 aliphatic heterocycles. The third-order valence-corrected chi connectivity index (χ3v) is 3.80. The Bertz CT molecular complexity index is 430. The number of benzene rings is 1. The van der Waals surface area contributed by atoms with Crippen LogP contribution >= 0.6 is 11.6 Å². The Kier molecular flexibility index (Phi) is 6.31. The SMILES string of the molecule is CC(C)NCc1cccc(Cl)c1OCC(C)(O)C(C)C. The Balaban J connectivity index is 2.82. The van der Waals surface area contributed by atoms with E-state index in [0.29, 0.717) is 23.4 Å². The van der Waals surface area contributed by atoms with Gasteiger partial charge < -0.3 is 15.2 Å². The van der Waals surface area contributed by atoms with Gasteiger partial charge in [0.15, 0.2) is 0 Å². The Morgan fingerprint density at radius 3 is 2.50 bits per heavy atom. The first-order valence-corrected chi connectivity index (χ1v) is 7.47. The molecule has 1 unspecified atom stereocenters. The van der Waals surface area contributed by atoms with Crippen molar-refractivity contribution in [1.29, 1.82) is 0 Å². The molecule has 0 radical (unpaired) electrons. The Hall–Kier alpha value is -0.770. The number of halogens is 1. The zero-order valence-corrected chi connectivity index (χ0v) is 13.8. The molecule has 3 nitrogen and oxygen atoms in total. The molecule has 1 rings (SSSR count). The monoisotopic (exact) mass is 299 g/mol. The van der Waals surface area contributed by atoms with Crippen molar-refractivity contribution >= 4 is 11.6 Å². The van der Waals surface area contributed by atoms with Crippen LogP contribution in [0.15, 0.2) is 18.2 Å². The fourth-order valence-corrected chi connectivity index (χ4v) is 1.80. The van der Waals surface area contributed by atoms with Crippen LogP contribution in [0, 0.1) is 5.92 Å². The molecule has 0 aliphatic rings. The van der Waals surface area contributed by atoms with Crippen LogP contribution in [-0.2, 0) is 6.54 Å². The van der Waals surface area contributed by atoms with E-state index in [1.807, 2.05) is 26.0 Å². The number of para-hydroxylation sites is 1. The zero-order valence-electron chi connectivity index (χ0n) is 13.0. The highest BCUT2D eigenvalue weighted by molar-refractivity contribution is 6.32. The predicted molar refractivity (Wildman–Crippen MR) is 84.4 cm³/mol. The van der Waals surface area contributed by atoms with Crippen LogP contribution in [0.2, 0.25) is 5.02 Å².